The highest BCUT2D eigenvalue weighted by Crippen LogP contribution is 2.06. The quantitative estimate of drug-likeness (QED) is 0.644. The van der Waals surface area contributed by atoms with Gasteiger partial charge >= 0.3 is 0 Å². The van der Waals surface area contributed by atoms with Crippen molar-refractivity contribution in [3.8, 4) is 11.8 Å². The van der Waals surface area contributed by atoms with Gasteiger partial charge in [0.2, 0.25) is 0 Å². The van der Waals surface area contributed by atoms with Crippen LogP contribution in [0.15, 0.2) is 18.3 Å². The highest BCUT2D eigenvalue weighted by Gasteiger charge is 2.08. The second-order valence-electron chi connectivity index (χ2n) is 2.99. The molecule has 0 saturated carbocycles. The molecule has 1 rings (SSSR count). The number of aliphatic hydroxyl groups is 1. The van der Waals surface area contributed by atoms with Gasteiger partial charge in [-0.1, -0.05) is 18.8 Å². The number of aliphatic hydroxyl groups excluding tert-OH is 1. The van der Waals surface area contributed by atoms with Crippen LogP contribution >= 0.6 is 0 Å². The minimum absolute atomic E-state index is 0.177. The molecule has 1 aromatic heterocycles. The van der Waals surface area contributed by atoms with E-state index in [0.717, 1.165) is 0 Å². The maximum Gasteiger partial charge on any atom is 0.300 e. The van der Waals surface area contributed by atoms with E-state index in [4.69, 9.17) is 5.11 Å². The van der Waals surface area contributed by atoms with Crippen molar-refractivity contribution in [2.45, 2.75) is 6.92 Å². The van der Waals surface area contributed by atoms with Crippen LogP contribution in [0.3, 0.4) is 0 Å². The van der Waals surface area contributed by atoms with Crippen molar-refractivity contribution in [1.82, 2.24) is 9.71 Å². The van der Waals surface area contributed by atoms with Gasteiger partial charge in [0.1, 0.15) is 12.4 Å². The lowest BCUT2D eigenvalue weighted by Crippen LogP contribution is -2.30. The van der Waals surface area contributed by atoms with E-state index in [1.165, 1.54) is 12.3 Å². The van der Waals surface area contributed by atoms with E-state index in [-0.39, 0.29) is 12.4 Å². The first-order valence-corrected chi connectivity index (χ1v) is 6.39. The molecule has 0 radical (unpaired) electrons. The van der Waals surface area contributed by atoms with Gasteiger partial charge in [0.25, 0.3) is 10.2 Å². The molecule has 0 aliphatic carbocycles. The molecule has 92 valence electrons. The predicted octanol–water partition coefficient (Wildman–Crippen LogP) is -0.308. The first-order chi connectivity index (χ1) is 8.07. The molecule has 3 N–H and O–H groups in total. The fourth-order valence-electron chi connectivity index (χ4n) is 1.07. The Bertz CT molecular complexity index is 531. The SMILES string of the molecule is CCNS(=O)(=O)Nc1cc(C#CCO)ccn1. The summed E-state index contributed by atoms with van der Waals surface area (Å²) in [5, 5.41) is 8.54. The van der Waals surface area contributed by atoms with E-state index in [0.29, 0.717) is 12.1 Å². The molecule has 0 fully saturated rings. The Kier molecular flexibility index (Phi) is 4.90. The van der Waals surface area contributed by atoms with Crippen LogP contribution in [0, 0.1) is 11.8 Å². The van der Waals surface area contributed by atoms with Gasteiger partial charge in [0.15, 0.2) is 0 Å². The number of aromatic nitrogens is 1. The summed E-state index contributed by atoms with van der Waals surface area (Å²) in [4.78, 5) is 3.85. The summed E-state index contributed by atoms with van der Waals surface area (Å²) in [6.45, 7) is 1.72. The Morgan fingerprint density at radius 2 is 2.29 bits per heavy atom. The summed E-state index contributed by atoms with van der Waals surface area (Å²) in [5.74, 6) is 5.30. The summed E-state index contributed by atoms with van der Waals surface area (Å²) in [6.07, 6.45) is 1.44. The Morgan fingerprint density at radius 3 is 2.94 bits per heavy atom. The van der Waals surface area contributed by atoms with Crippen LogP contribution in [0.25, 0.3) is 0 Å². The minimum Gasteiger partial charge on any atom is -0.384 e. The Balaban J connectivity index is 2.86. The molecule has 17 heavy (non-hydrogen) atoms. The average molecular weight is 255 g/mol. The van der Waals surface area contributed by atoms with E-state index >= 15 is 0 Å². The number of nitrogens with one attached hydrogen (secondary N) is 2. The third-order valence-electron chi connectivity index (χ3n) is 1.65. The minimum atomic E-state index is -3.58. The van der Waals surface area contributed by atoms with Crippen LogP contribution in [0.5, 0.6) is 0 Å². The Labute approximate surface area is 100 Å². The molecule has 0 saturated heterocycles. The number of pyridine rings is 1. The second kappa shape index (κ2) is 6.20. The van der Waals surface area contributed by atoms with Crippen molar-refractivity contribution < 1.29 is 13.5 Å². The molecular formula is C10H13N3O3S. The molecule has 0 aliphatic rings. The molecule has 0 aromatic carbocycles. The molecule has 0 amide bonds. The topological polar surface area (TPSA) is 91.3 Å². The Morgan fingerprint density at radius 1 is 1.53 bits per heavy atom. The number of nitrogens with zero attached hydrogens (tertiary/aromatic N) is 1. The second-order valence-corrected chi connectivity index (χ2v) is 4.49. The Hall–Kier alpha value is -1.62. The molecule has 6 nitrogen and oxygen atoms in total. The highest BCUT2D eigenvalue weighted by molar-refractivity contribution is 7.90. The van der Waals surface area contributed by atoms with Crippen LogP contribution in [0.1, 0.15) is 12.5 Å². The van der Waals surface area contributed by atoms with Crippen molar-refractivity contribution in [2.24, 2.45) is 0 Å². The van der Waals surface area contributed by atoms with Gasteiger partial charge < -0.3 is 5.11 Å². The first-order valence-electron chi connectivity index (χ1n) is 4.90. The van der Waals surface area contributed by atoms with E-state index in [9.17, 15) is 8.42 Å². The van der Waals surface area contributed by atoms with Crippen molar-refractivity contribution in [2.75, 3.05) is 17.9 Å². The van der Waals surface area contributed by atoms with Gasteiger partial charge in [0, 0.05) is 18.3 Å². The zero-order valence-corrected chi connectivity index (χ0v) is 10.1. The average Bonchev–Trinajstić information content (AvgIpc) is 2.26. The number of hydrogen-bond acceptors (Lipinski definition) is 4. The zero-order chi connectivity index (χ0) is 12.7. The fourth-order valence-corrected chi connectivity index (χ4v) is 1.91. The lowest BCUT2D eigenvalue weighted by molar-refractivity contribution is 0.350. The van der Waals surface area contributed by atoms with Crippen molar-refractivity contribution in [3.63, 3.8) is 0 Å². The molecule has 0 unspecified atom stereocenters. The van der Waals surface area contributed by atoms with Gasteiger partial charge in [-0.05, 0) is 12.1 Å². The summed E-state index contributed by atoms with van der Waals surface area (Å²) in [7, 11) is -3.58. The normalized spacial score (nSPS) is 10.5. The van der Waals surface area contributed by atoms with Crippen molar-refractivity contribution in [1.29, 1.82) is 0 Å². The lowest BCUT2D eigenvalue weighted by atomic mass is 10.2. The van der Waals surface area contributed by atoms with Crippen LogP contribution < -0.4 is 9.44 Å². The third-order valence-corrected chi connectivity index (χ3v) is 2.79. The monoisotopic (exact) mass is 255 g/mol. The zero-order valence-electron chi connectivity index (χ0n) is 9.27. The number of hydrogen-bond donors (Lipinski definition) is 3. The summed E-state index contributed by atoms with van der Waals surface area (Å²) in [6, 6.07) is 3.10. The van der Waals surface area contributed by atoms with Crippen LogP contribution in [0.4, 0.5) is 5.82 Å². The molecule has 1 aromatic rings. The van der Waals surface area contributed by atoms with Crippen LogP contribution in [-0.4, -0.2) is 31.7 Å². The molecule has 0 atom stereocenters. The van der Waals surface area contributed by atoms with E-state index < -0.39 is 10.2 Å². The smallest absolute Gasteiger partial charge is 0.300 e. The van der Waals surface area contributed by atoms with Gasteiger partial charge in [0.05, 0.1) is 0 Å². The van der Waals surface area contributed by atoms with E-state index in [1.54, 1.807) is 13.0 Å². The summed E-state index contributed by atoms with van der Waals surface area (Å²) < 4.78 is 27.3. The van der Waals surface area contributed by atoms with Crippen LogP contribution in [0.2, 0.25) is 0 Å². The van der Waals surface area contributed by atoms with Gasteiger partial charge in [-0.3, -0.25) is 4.72 Å². The molecule has 0 spiro atoms. The van der Waals surface area contributed by atoms with Crippen molar-refractivity contribution in [3.05, 3.63) is 23.9 Å². The fraction of sp³-hybridized carbons (Fsp3) is 0.300. The molecule has 7 heteroatoms. The standard InChI is InChI=1S/C10H13N3O3S/c1-2-12-17(15,16)13-10-8-9(4-3-7-14)5-6-11-10/h5-6,8,12,14H,2,7H2,1H3,(H,11,13). The molecular weight excluding hydrogens is 242 g/mol. The van der Waals surface area contributed by atoms with E-state index in [2.05, 4.69) is 26.3 Å². The summed E-state index contributed by atoms with van der Waals surface area (Å²) in [5.41, 5.74) is 0.572. The van der Waals surface area contributed by atoms with Gasteiger partial charge in [-0.2, -0.15) is 13.1 Å². The molecule has 0 aliphatic heterocycles. The first kappa shape index (κ1) is 13.4. The maximum atomic E-state index is 11.4. The molecule has 0 bridgehead atoms. The third kappa shape index (κ3) is 4.82. The van der Waals surface area contributed by atoms with Gasteiger partial charge in [-0.15, -0.1) is 0 Å². The number of anilines is 1. The summed E-state index contributed by atoms with van der Waals surface area (Å²) >= 11 is 0. The van der Waals surface area contributed by atoms with Crippen molar-refractivity contribution >= 4 is 16.0 Å². The predicted molar refractivity (Wildman–Crippen MR) is 64.4 cm³/mol. The number of rotatable bonds is 4. The molecule has 1 heterocycles. The highest BCUT2D eigenvalue weighted by atomic mass is 32.2. The lowest BCUT2D eigenvalue weighted by Gasteiger charge is -2.06. The van der Waals surface area contributed by atoms with Crippen LogP contribution in [-0.2, 0) is 10.2 Å². The van der Waals surface area contributed by atoms with Gasteiger partial charge in [-0.25, -0.2) is 4.98 Å². The maximum absolute atomic E-state index is 11.4. The largest absolute Gasteiger partial charge is 0.384 e. The van der Waals surface area contributed by atoms with E-state index in [1.807, 2.05) is 0 Å².